The van der Waals surface area contributed by atoms with Gasteiger partial charge in [0.05, 0.1) is 5.71 Å². The topological polar surface area (TPSA) is 90.8 Å². The van der Waals surface area contributed by atoms with Gasteiger partial charge in [-0.05, 0) is 43.3 Å². The number of hydrogen-bond acceptors (Lipinski definition) is 4. The van der Waals surface area contributed by atoms with Crippen molar-refractivity contribution in [3.05, 3.63) is 59.7 Å². The molecule has 2 aromatic carbocycles. The Morgan fingerprint density at radius 2 is 1.68 bits per heavy atom. The van der Waals surface area contributed by atoms with E-state index in [9.17, 15) is 14.7 Å². The molecule has 0 aliphatic carbocycles. The molecule has 0 aliphatic heterocycles. The number of amides is 2. The number of hydrazone groups is 1. The van der Waals surface area contributed by atoms with E-state index in [2.05, 4.69) is 15.8 Å². The molecular formula is C19H21N3O3. The summed E-state index contributed by atoms with van der Waals surface area (Å²) in [6.07, 6.45) is 0. The van der Waals surface area contributed by atoms with Gasteiger partial charge in [0.1, 0.15) is 5.75 Å². The Hall–Kier alpha value is -3.15. The zero-order chi connectivity index (χ0) is 18.4. The molecule has 0 aliphatic rings. The maximum absolute atomic E-state index is 12.1. The zero-order valence-corrected chi connectivity index (χ0v) is 14.4. The number of carbonyl (C=O) groups is 2. The predicted molar refractivity (Wildman–Crippen MR) is 97.7 cm³/mol. The third-order valence-corrected chi connectivity index (χ3v) is 3.56. The summed E-state index contributed by atoms with van der Waals surface area (Å²) in [4.78, 5) is 23.8. The number of benzene rings is 2. The van der Waals surface area contributed by atoms with Gasteiger partial charge in [-0.2, -0.15) is 5.10 Å². The molecule has 6 heteroatoms. The Labute approximate surface area is 146 Å². The Morgan fingerprint density at radius 3 is 2.28 bits per heavy atom. The number of aromatic hydroxyl groups is 1. The first kappa shape index (κ1) is 18.2. The number of anilines is 1. The molecule has 0 heterocycles. The summed E-state index contributed by atoms with van der Waals surface area (Å²) in [5.41, 5.74) is 4.54. The Bertz CT molecular complexity index is 796. The average molecular weight is 339 g/mol. The van der Waals surface area contributed by atoms with Crippen LogP contribution in [0.3, 0.4) is 0 Å². The van der Waals surface area contributed by atoms with Gasteiger partial charge >= 0.3 is 0 Å². The first-order valence-electron chi connectivity index (χ1n) is 7.92. The van der Waals surface area contributed by atoms with Crippen LogP contribution in [0.15, 0.2) is 53.6 Å². The van der Waals surface area contributed by atoms with E-state index in [0.29, 0.717) is 22.5 Å². The van der Waals surface area contributed by atoms with Crippen LogP contribution in [0.1, 0.15) is 36.7 Å². The van der Waals surface area contributed by atoms with E-state index >= 15 is 0 Å². The van der Waals surface area contributed by atoms with Gasteiger partial charge in [-0.25, -0.2) is 5.43 Å². The number of phenols is 1. The van der Waals surface area contributed by atoms with Gasteiger partial charge in [-0.15, -0.1) is 0 Å². The van der Waals surface area contributed by atoms with Crippen molar-refractivity contribution in [1.29, 1.82) is 0 Å². The quantitative estimate of drug-likeness (QED) is 0.577. The summed E-state index contributed by atoms with van der Waals surface area (Å²) < 4.78 is 0. The second kappa shape index (κ2) is 8.10. The summed E-state index contributed by atoms with van der Waals surface area (Å²) in [7, 11) is 0. The third kappa shape index (κ3) is 4.91. The van der Waals surface area contributed by atoms with Crippen LogP contribution in [-0.4, -0.2) is 22.6 Å². The van der Waals surface area contributed by atoms with E-state index in [4.69, 9.17) is 0 Å². The van der Waals surface area contributed by atoms with E-state index in [-0.39, 0.29) is 23.5 Å². The molecule has 3 N–H and O–H groups in total. The summed E-state index contributed by atoms with van der Waals surface area (Å²) in [5.74, 6) is -0.477. The molecule has 25 heavy (non-hydrogen) atoms. The molecule has 0 saturated heterocycles. The Morgan fingerprint density at radius 1 is 1.04 bits per heavy atom. The summed E-state index contributed by atoms with van der Waals surface area (Å²) in [6, 6.07) is 13.3. The lowest BCUT2D eigenvalue weighted by atomic mass is 10.1. The van der Waals surface area contributed by atoms with Crippen molar-refractivity contribution >= 4 is 23.2 Å². The van der Waals surface area contributed by atoms with Gasteiger partial charge in [0, 0.05) is 22.7 Å². The number of phenolic OH excluding ortho intramolecular Hbond substituents is 1. The molecular weight excluding hydrogens is 318 g/mol. The van der Waals surface area contributed by atoms with Crippen LogP contribution in [0.25, 0.3) is 0 Å². The van der Waals surface area contributed by atoms with Crippen molar-refractivity contribution in [2.24, 2.45) is 11.0 Å². The standard InChI is InChI=1S/C19H21N3O3/c1-12(2)18(24)20-15-10-8-14(9-11-15)19(25)22-21-13(3)16-6-4-5-7-17(16)23/h4-12,23H,1-3H3,(H,20,24)(H,22,25). The first-order chi connectivity index (χ1) is 11.9. The second-order valence-electron chi connectivity index (χ2n) is 5.88. The molecule has 0 fully saturated rings. The molecule has 0 atom stereocenters. The van der Waals surface area contributed by atoms with Crippen LogP contribution in [0.4, 0.5) is 5.69 Å². The largest absolute Gasteiger partial charge is 0.507 e. The summed E-state index contributed by atoms with van der Waals surface area (Å²) >= 11 is 0. The molecule has 2 aromatic rings. The van der Waals surface area contributed by atoms with Gasteiger partial charge in [0.2, 0.25) is 5.91 Å². The van der Waals surface area contributed by atoms with Crippen LogP contribution in [0.2, 0.25) is 0 Å². The van der Waals surface area contributed by atoms with Crippen molar-refractivity contribution in [1.82, 2.24) is 5.43 Å². The predicted octanol–water partition coefficient (Wildman–Crippen LogP) is 3.14. The minimum Gasteiger partial charge on any atom is -0.507 e. The molecule has 2 rings (SSSR count). The fourth-order valence-electron chi connectivity index (χ4n) is 2.03. The van der Waals surface area contributed by atoms with E-state index in [1.54, 1.807) is 55.5 Å². The highest BCUT2D eigenvalue weighted by atomic mass is 16.3. The highest BCUT2D eigenvalue weighted by Crippen LogP contribution is 2.16. The fraction of sp³-hybridized carbons (Fsp3) is 0.211. The Kier molecular flexibility index (Phi) is 5.89. The fourth-order valence-corrected chi connectivity index (χ4v) is 2.03. The normalized spacial score (nSPS) is 11.3. The van der Waals surface area contributed by atoms with E-state index in [1.165, 1.54) is 0 Å². The molecule has 0 radical (unpaired) electrons. The van der Waals surface area contributed by atoms with Crippen LogP contribution in [-0.2, 0) is 4.79 Å². The van der Waals surface area contributed by atoms with Crippen molar-refractivity contribution in [2.45, 2.75) is 20.8 Å². The minimum absolute atomic E-state index is 0.0832. The van der Waals surface area contributed by atoms with Crippen molar-refractivity contribution < 1.29 is 14.7 Å². The van der Waals surface area contributed by atoms with Crippen LogP contribution < -0.4 is 10.7 Å². The second-order valence-corrected chi connectivity index (χ2v) is 5.88. The number of nitrogens with one attached hydrogen (secondary N) is 2. The van der Waals surface area contributed by atoms with Gasteiger partial charge in [0.15, 0.2) is 0 Å². The number of rotatable bonds is 5. The molecule has 2 amide bonds. The number of nitrogens with zero attached hydrogens (tertiary/aromatic N) is 1. The first-order valence-corrected chi connectivity index (χ1v) is 7.92. The molecule has 0 bridgehead atoms. The van der Waals surface area contributed by atoms with E-state index in [1.807, 2.05) is 13.8 Å². The monoisotopic (exact) mass is 339 g/mol. The lowest BCUT2D eigenvalue weighted by molar-refractivity contribution is -0.118. The molecule has 6 nitrogen and oxygen atoms in total. The smallest absolute Gasteiger partial charge is 0.271 e. The maximum atomic E-state index is 12.1. The Balaban J connectivity index is 2.02. The number of carbonyl (C=O) groups excluding carboxylic acids is 2. The van der Waals surface area contributed by atoms with Gasteiger partial charge in [0.25, 0.3) is 5.91 Å². The van der Waals surface area contributed by atoms with Crippen molar-refractivity contribution in [2.75, 3.05) is 5.32 Å². The SMILES string of the molecule is CC(=NNC(=O)c1ccc(NC(=O)C(C)C)cc1)c1ccccc1O. The van der Waals surface area contributed by atoms with Gasteiger partial charge in [-0.3, -0.25) is 9.59 Å². The van der Waals surface area contributed by atoms with Crippen molar-refractivity contribution in [3.8, 4) is 5.75 Å². The van der Waals surface area contributed by atoms with E-state index < -0.39 is 0 Å². The number of hydrogen-bond donors (Lipinski definition) is 3. The highest BCUT2D eigenvalue weighted by Gasteiger charge is 2.09. The number of para-hydroxylation sites is 1. The highest BCUT2D eigenvalue weighted by molar-refractivity contribution is 6.02. The maximum Gasteiger partial charge on any atom is 0.271 e. The zero-order valence-electron chi connectivity index (χ0n) is 14.4. The molecule has 0 aromatic heterocycles. The lowest BCUT2D eigenvalue weighted by Crippen LogP contribution is -2.20. The van der Waals surface area contributed by atoms with Gasteiger partial charge < -0.3 is 10.4 Å². The van der Waals surface area contributed by atoms with E-state index in [0.717, 1.165) is 0 Å². The molecule has 0 unspecified atom stereocenters. The average Bonchev–Trinajstić information content (AvgIpc) is 2.60. The molecule has 0 spiro atoms. The summed E-state index contributed by atoms with van der Waals surface area (Å²) in [5, 5.41) is 16.5. The van der Waals surface area contributed by atoms with Crippen molar-refractivity contribution in [3.63, 3.8) is 0 Å². The molecule has 0 saturated carbocycles. The molecule has 130 valence electrons. The van der Waals surface area contributed by atoms with Crippen LogP contribution in [0.5, 0.6) is 5.75 Å². The summed E-state index contributed by atoms with van der Waals surface area (Å²) in [6.45, 7) is 5.31. The minimum atomic E-state index is -0.378. The van der Waals surface area contributed by atoms with Crippen LogP contribution >= 0.6 is 0 Å². The lowest BCUT2D eigenvalue weighted by Gasteiger charge is -2.08. The third-order valence-electron chi connectivity index (χ3n) is 3.56. The van der Waals surface area contributed by atoms with Gasteiger partial charge in [-0.1, -0.05) is 26.0 Å². The van der Waals surface area contributed by atoms with Crippen LogP contribution in [0, 0.1) is 5.92 Å².